The van der Waals surface area contributed by atoms with Crippen LogP contribution in [0.2, 0.25) is 5.02 Å². The third-order valence-corrected chi connectivity index (χ3v) is 3.40. The van der Waals surface area contributed by atoms with Gasteiger partial charge >= 0.3 is 6.16 Å². The highest BCUT2D eigenvalue weighted by atomic mass is 35.5. The average Bonchev–Trinajstić information content (AvgIpc) is 2.59. The molecule has 1 atom stereocenters. The van der Waals surface area contributed by atoms with Crippen molar-refractivity contribution >= 4 is 17.8 Å². The Morgan fingerprint density at radius 3 is 2.53 bits per heavy atom. The lowest BCUT2D eigenvalue weighted by molar-refractivity contribution is -0.145. The maximum absolute atomic E-state index is 10.8. The predicted molar refractivity (Wildman–Crippen MR) is 69.0 cm³/mol. The summed E-state index contributed by atoms with van der Waals surface area (Å²) in [5, 5.41) is 19.9. The first-order valence-electron chi connectivity index (χ1n) is 5.56. The first-order chi connectivity index (χ1) is 9.02. The summed E-state index contributed by atoms with van der Waals surface area (Å²) >= 11 is 5.92. The first kappa shape index (κ1) is 12.0. The van der Waals surface area contributed by atoms with Crippen LogP contribution in [0.4, 0.5) is 4.79 Å². The molecular weight excluding hydrogens is 268 g/mol. The minimum atomic E-state index is -2.01. The Kier molecular flexibility index (Phi) is 2.52. The fraction of sp³-hybridized carbons (Fsp3) is 0.0714. The predicted octanol–water partition coefficient (Wildman–Crippen LogP) is 3.21. The molecule has 0 saturated heterocycles. The third-order valence-electron chi connectivity index (χ3n) is 3.16. The molecule has 2 aromatic rings. The number of fused-ring (bicyclic) bond motifs is 3. The van der Waals surface area contributed by atoms with Crippen LogP contribution < -0.4 is 0 Å². The molecule has 96 valence electrons. The largest absolute Gasteiger partial charge is 0.508 e. The van der Waals surface area contributed by atoms with Gasteiger partial charge in [0.2, 0.25) is 0 Å². The Bertz CT molecular complexity index is 683. The molecule has 0 radical (unpaired) electrons. The molecule has 3 rings (SSSR count). The van der Waals surface area contributed by atoms with Gasteiger partial charge in [-0.1, -0.05) is 41.9 Å². The van der Waals surface area contributed by atoms with Crippen LogP contribution in [0.25, 0.3) is 11.1 Å². The van der Waals surface area contributed by atoms with E-state index in [0.29, 0.717) is 21.7 Å². The molecule has 0 heterocycles. The van der Waals surface area contributed by atoms with Crippen molar-refractivity contribution in [3.63, 3.8) is 0 Å². The highest BCUT2D eigenvalue weighted by molar-refractivity contribution is 6.30. The average molecular weight is 277 g/mol. The standard InChI is InChI=1S/C14H9ClO4/c15-8-5-6-10-9-3-1-2-4-11(9)14(18,12(10)7-8)19-13(16)17/h1-7,18H,(H,16,17). The number of carbonyl (C=O) groups is 1. The minimum Gasteiger partial charge on any atom is -0.450 e. The van der Waals surface area contributed by atoms with Crippen molar-refractivity contribution in [2.24, 2.45) is 0 Å². The van der Waals surface area contributed by atoms with Crippen molar-refractivity contribution in [1.82, 2.24) is 0 Å². The molecule has 0 aliphatic heterocycles. The fourth-order valence-corrected chi connectivity index (χ4v) is 2.60. The van der Waals surface area contributed by atoms with Crippen molar-refractivity contribution in [3.05, 3.63) is 58.6 Å². The number of carboxylic acid groups (broad SMARTS) is 1. The molecule has 2 aromatic carbocycles. The Hall–Kier alpha value is -2.04. The van der Waals surface area contributed by atoms with Gasteiger partial charge in [-0.2, -0.15) is 0 Å². The Labute approximate surface area is 113 Å². The van der Waals surface area contributed by atoms with Crippen molar-refractivity contribution in [2.45, 2.75) is 5.79 Å². The molecule has 0 fully saturated rings. The molecule has 5 heteroatoms. The van der Waals surface area contributed by atoms with E-state index in [4.69, 9.17) is 21.4 Å². The zero-order chi connectivity index (χ0) is 13.6. The third kappa shape index (κ3) is 1.69. The van der Waals surface area contributed by atoms with Gasteiger partial charge in [0, 0.05) is 16.1 Å². The van der Waals surface area contributed by atoms with Crippen molar-refractivity contribution in [2.75, 3.05) is 0 Å². The van der Waals surface area contributed by atoms with E-state index >= 15 is 0 Å². The smallest absolute Gasteiger partial charge is 0.450 e. The summed E-state index contributed by atoms with van der Waals surface area (Å²) in [4.78, 5) is 10.8. The molecule has 1 unspecified atom stereocenters. The van der Waals surface area contributed by atoms with Crippen LogP contribution in [0.3, 0.4) is 0 Å². The van der Waals surface area contributed by atoms with E-state index in [-0.39, 0.29) is 0 Å². The van der Waals surface area contributed by atoms with E-state index in [1.165, 1.54) is 6.07 Å². The van der Waals surface area contributed by atoms with Gasteiger partial charge in [0.15, 0.2) is 0 Å². The molecule has 0 spiro atoms. The number of rotatable bonds is 1. The van der Waals surface area contributed by atoms with E-state index in [1.807, 2.05) is 6.07 Å². The molecule has 4 nitrogen and oxygen atoms in total. The molecule has 0 amide bonds. The van der Waals surface area contributed by atoms with Gasteiger partial charge in [0.1, 0.15) is 0 Å². The highest BCUT2D eigenvalue weighted by Gasteiger charge is 2.45. The van der Waals surface area contributed by atoms with Crippen LogP contribution in [-0.4, -0.2) is 16.4 Å². The van der Waals surface area contributed by atoms with E-state index in [9.17, 15) is 9.90 Å². The summed E-state index contributed by atoms with van der Waals surface area (Å²) in [5.41, 5.74) is 2.18. The van der Waals surface area contributed by atoms with E-state index in [1.54, 1.807) is 30.3 Å². The molecule has 0 bridgehead atoms. The Balaban J connectivity index is 2.31. The van der Waals surface area contributed by atoms with Gasteiger partial charge in [-0.15, -0.1) is 0 Å². The normalized spacial score (nSPS) is 19.7. The number of aliphatic hydroxyl groups is 1. The second kappa shape index (κ2) is 3.98. The van der Waals surface area contributed by atoms with E-state index < -0.39 is 11.9 Å². The zero-order valence-electron chi connectivity index (χ0n) is 9.63. The van der Waals surface area contributed by atoms with Crippen LogP contribution in [0.1, 0.15) is 11.1 Å². The van der Waals surface area contributed by atoms with Gasteiger partial charge in [0.25, 0.3) is 5.79 Å². The van der Waals surface area contributed by atoms with Crippen LogP contribution in [-0.2, 0) is 10.5 Å². The lowest BCUT2D eigenvalue weighted by Gasteiger charge is -2.23. The van der Waals surface area contributed by atoms with Crippen LogP contribution >= 0.6 is 11.6 Å². The second-order valence-electron chi connectivity index (χ2n) is 4.25. The summed E-state index contributed by atoms with van der Waals surface area (Å²) in [6.07, 6.45) is -1.55. The number of ether oxygens (including phenoxy) is 1. The summed E-state index contributed by atoms with van der Waals surface area (Å²) in [6.45, 7) is 0. The van der Waals surface area contributed by atoms with Crippen molar-refractivity contribution in [1.29, 1.82) is 0 Å². The summed E-state index contributed by atoms with van der Waals surface area (Å²) in [7, 11) is 0. The monoisotopic (exact) mass is 276 g/mol. The molecule has 2 N–H and O–H groups in total. The van der Waals surface area contributed by atoms with Gasteiger partial charge in [-0.05, 0) is 23.3 Å². The molecule has 0 aromatic heterocycles. The molecule has 1 aliphatic rings. The molecular formula is C14H9ClO4. The summed E-state index contributed by atoms with van der Waals surface area (Å²) in [5.74, 6) is -2.01. The summed E-state index contributed by atoms with van der Waals surface area (Å²) < 4.78 is 4.72. The summed E-state index contributed by atoms with van der Waals surface area (Å²) in [6, 6.07) is 11.9. The van der Waals surface area contributed by atoms with Crippen molar-refractivity contribution < 1.29 is 19.7 Å². The topological polar surface area (TPSA) is 66.8 Å². The highest BCUT2D eigenvalue weighted by Crippen LogP contribution is 2.48. The first-order valence-corrected chi connectivity index (χ1v) is 5.94. The van der Waals surface area contributed by atoms with Gasteiger partial charge in [-0.25, -0.2) is 4.79 Å². The van der Waals surface area contributed by atoms with E-state index in [2.05, 4.69) is 0 Å². The number of hydrogen-bond acceptors (Lipinski definition) is 3. The van der Waals surface area contributed by atoms with Crippen LogP contribution in [0.15, 0.2) is 42.5 Å². The SMILES string of the molecule is O=C(O)OC1(O)c2ccccc2-c2ccc(Cl)cc21. The quantitative estimate of drug-likeness (QED) is 0.620. The minimum absolute atomic E-state index is 0.337. The lowest BCUT2D eigenvalue weighted by atomic mass is 10.0. The van der Waals surface area contributed by atoms with E-state index in [0.717, 1.165) is 5.56 Å². The van der Waals surface area contributed by atoms with Gasteiger partial charge < -0.3 is 14.9 Å². The maximum atomic E-state index is 10.8. The van der Waals surface area contributed by atoms with Gasteiger partial charge in [-0.3, -0.25) is 0 Å². The zero-order valence-corrected chi connectivity index (χ0v) is 10.4. The lowest BCUT2D eigenvalue weighted by Crippen LogP contribution is -2.30. The fourth-order valence-electron chi connectivity index (χ4n) is 2.43. The van der Waals surface area contributed by atoms with Crippen LogP contribution in [0.5, 0.6) is 0 Å². The van der Waals surface area contributed by atoms with Crippen LogP contribution in [0, 0.1) is 0 Å². The number of benzene rings is 2. The molecule has 19 heavy (non-hydrogen) atoms. The number of hydrogen-bond donors (Lipinski definition) is 2. The van der Waals surface area contributed by atoms with Crippen molar-refractivity contribution in [3.8, 4) is 11.1 Å². The van der Waals surface area contributed by atoms with Gasteiger partial charge in [0.05, 0.1) is 0 Å². The molecule has 1 aliphatic carbocycles. The maximum Gasteiger partial charge on any atom is 0.508 e. The Morgan fingerprint density at radius 2 is 1.79 bits per heavy atom. The molecule has 0 saturated carbocycles. The Morgan fingerprint density at radius 1 is 1.11 bits per heavy atom. The second-order valence-corrected chi connectivity index (χ2v) is 4.68. The number of halogens is 1.